The van der Waals surface area contributed by atoms with Crippen molar-refractivity contribution in [3.05, 3.63) is 83.5 Å². The number of hydrogen-bond acceptors (Lipinski definition) is 2. The predicted octanol–water partition coefficient (Wildman–Crippen LogP) is 7.31. The van der Waals surface area contributed by atoms with Gasteiger partial charge in [-0.05, 0) is 41.8 Å². The molecule has 0 saturated heterocycles. The monoisotopic (exact) mass is 438 g/mol. The van der Waals surface area contributed by atoms with Gasteiger partial charge in [-0.25, -0.2) is 8.78 Å². The van der Waals surface area contributed by atoms with Gasteiger partial charge in [0.2, 0.25) is 0 Å². The smallest absolute Gasteiger partial charge is 0.403 e. The molecule has 0 radical (unpaired) electrons. The Balaban J connectivity index is 1.90. The van der Waals surface area contributed by atoms with Crippen LogP contribution >= 0.6 is 0 Å². The van der Waals surface area contributed by atoms with Crippen molar-refractivity contribution in [3.8, 4) is 5.75 Å². The number of halogens is 5. The lowest BCUT2D eigenvalue weighted by Crippen LogP contribution is -2.29. The predicted molar refractivity (Wildman–Crippen MR) is 108 cm³/mol. The minimum Gasteiger partial charge on any atom is -0.403 e. The second kappa shape index (κ2) is 9.64. The normalized spacial score (nSPS) is 18.7. The summed E-state index contributed by atoms with van der Waals surface area (Å²) in [7, 11) is 0. The molecule has 0 aliphatic heterocycles. The molecule has 31 heavy (non-hydrogen) atoms. The Morgan fingerprint density at radius 3 is 2.39 bits per heavy atom. The van der Waals surface area contributed by atoms with E-state index >= 15 is 0 Å². The van der Waals surface area contributed by atoms with Crippen molar-refractivity contribution in [1.82, 2.24) is 0 Å². The highest BCUT2D eigenvalue weighted by Gasteiger charge is 2.35. The molecule has 0 spiro atoms. The molecule has 0 saturated carbocycles. The first-order chi connectivity index (χ1) is 14.7. The maximum atomic E-state index is 14.4. The highest BCUT2D eigenvalue weighted by molar-refractivity contribution is 5.76. The number of ether oxygens (including phenoxy) is 2. The van der Waals surface area contributed by atoms with Gasteiger partial charge in [-0.15, -0.1) is 13.2 Å². The summed E-state index contributed by atoms with van der Waals surface area (Å²) in [5.74, 6) is -2.40. The van der Waals surface area contributed by atoms with E-state index in [1.807, 2.05) is 0 Å². The van der Waals surface area contributed by atoms with E-state index < -0.39 is 23.5 Å². The molecule has 0 fully saturated rings. The zero-order valence-corrected chi connectivity index (χ0v) is 17.0. The Kier molecular flexibility index (Phi) is 7.15. The molecule has 0 heterocycles. The molecule has 2 aromatic carbocycles. The number of allylic oxidation sites excluding steroid dienone is 2. The summed E-state index contributed by atoms with van der Waals surface area (Å²) in [5, 5.41) is 0. The van der Waals surface area contributed by atoms with Crippen LogP contribution < -0.4 is 4.74 Å². The number of rotatable bonds is 8. The van der Waals surface area contributed by atoms with E-state index in [9.17, 15) is 22.0 Å². The van der Waals surface area contributed by atoms with Crippen molar-refractivity contribution in [2.24, 2.45) is 0 Å². The molecule has 0 N–H and O–H groups in total. The van der Waals surface area contributed by atoms with Gasteiger partial charge >= 0.3 is 6.36 Å². The molecular weight excluding hydrogens is 415 g/mol. The Labute approximate surface area is 178 Å². The lowest BCUT2D eigenvalue weighted by Gasteiger charge is -2.33. The molecule has 1 aliphatic carbocycles. The molecule has 0 amide bonds. The van der Waals surface area contributed by atoms with Crippen LogP contribution in [0.15, 0.2) is 60.7 Å². The molecule has 1 aliphatic rings. The molecule has 166 valence electrons. The fourth-order valence-electron chi connectivity index (χ4n) is 3.50. The number of unbranched alkanes of at least 4 members (excludes halogenated alkanes) is 2. The largest absolute Gasteiger partial charge is 0.573 e. The van der Waals surface area contributed by atoms with Crippen molar-refractivity contribution < 1.29 is 31.4 Å². The first-order valence-corrected chi connectivity index (χ1v) is 10.1. The SMILES string of the molecule is CCCCCOC1(c2ccc(OC(F)(F)F)c(F)c2)C=CC(c2ccccc2F)=CC1. The fraction of sp³-hybridized carbons (Fsp3) is 0.333. The number of hydrogen-bond donors (Lipinski definition) is 0. The van der Waals surface area contributed by atoms with E-state index in [0.717, 1.165) is 31.4 Å². The van der Waals surface area contributed by atoms with E-state index in [2.05, 4.69) is 11.7 Å². The van der Waals surface area contributed by atoms with Crippen molar-refractivity contribution in [1.29, 1.82) is 0 Å². The molecule has 1 atom stereocenters. The average molecular weight is 438 g/mol. The van der Waals surface area contributed by atoms with E-state index in [0.29, 0.717) is 23.3 Å². The summed E-state index contributed by atoms with van der Waals surface area (Å²) in [5.41, 5.74) is 0.373. The third-order valence-electron chi connectivity index (χ3n) is 5.10. The van der Waals surface area contributed by atoms with Crippen molar-refractivity contribution >= 4 is 5.57 Å². The second-order valence-corrected chi connectivity index (χ2v) is 7.31. The van der Waals surface area contributed by atoms with Crippen LogP contribution in [0.1, 0.15) is 43.7 Å². The van der Waals surface area contributed by atoms with Crippen LogP contribution in [-0.2, 0) is 10.3 Å². The van der Waals surface area contributed by atoms with Gasteiger partial charge in [-0.3, -0.25) is 0 Å². The third kappa shape index (κ3) is 5.73. The van der Waals surface area contributed by atoms with Crippen molar-refractivity contribution in [2.45, 2.75) is 44.6 Å². The van der Waals surface area contributed by atoms with Crippen LogP contribution in [0.5, 0.6) is 5.75 Å². The van der Waals surface area contributed by atoms with Gasteiger partial charge < -0.3 is 9.47 Å². The zero-order chi connectivity index (χ0) is 22.5. The first kappa shape index (κ1) is 23.0. The molecule has 1 unspecified atom stereocenters. The first-order valence-electron chi connectivity index (χ1n) is 10.1. The van der Waals surface area contributed by atoms with Crippen LogP contribution in [0.3, 0.4) is 0 Å². The topological polar surface area (TPSA) is 18.5 Å². The maximum Gasteiger partial charge on any atom is 0.573 e. The van der Waals surface area contributed by atoms with Crippen LogP contribution in [0.4, 0.5) is 22.0 Å². The van der Waals surface area contributed by atoms with Gasteiger partial charge in [0.15, 0.2) is 11.6 Å². The summed E-state index contributed by atoms with van der Waals surface area (Å²) in [6, 6.07) is 9.64. The van der Waals surface area contributed by atoms with E-state index in [1.165, 1.54) is 12.1 Å². The van der Waals surface area contributed by atoms with Crippen LogP contribution in [0.25, 0.3) is 5.57 Å². The standard InChI is InChI=1S/C24H23F5O2/c1-2-3-6-15-30-23(18-9-10-22(21(26)16-18)31-24(27,28)29)13-11-17(12-14-23)19-7-4-5-8-20(19)25/h4-5,7-13,16H,2-3,6,14-15H2,1H3. The summed E-state index contributed by atoms with van der Waals surface area (Å²) in [6.07, 6.45) is 3.20. The van der Waals surface area contributed by atoms with E-state index in [-0.39, 0.29) is 12.2 Å². The Morgan fingerprint density at radius 2 is 1.77 bits per heavy atom. The quantitative estimate of drug-likeness (QED) is 0.318. The molecular formula is C24H23F5O2. The molecule has 0 aromatic heterocycles. The highest BCUT2D eigenvalue weighted by Crippen LogP contribution is 2.40. The minimum absolute atomic E-state index is 0.276. The van der Waals surface area contributed by atoms with E-state index in [4.69, 9.17) is 4.74 Å². The Bertz CT molecular complexity index is 965. The second-order valence-electron chi connectivity index (χ2n) is 7.31. The lowest BCUT2D eigenvalue weighted by molar-refractivity contribution is -0.275. The van der Waals surface area contributed by atoms with Gasteiger partial charge in [-0.1, -0.05) is 56.2 Å². The maximum absolute atomic E-state index is 14.4. The summed E-state index contributed by atoms with van der Waals surface area (Å²) < 4.78 is 75.8. The molecule has 7 heteroatoms. The lowest BCUT2D eigenvalue weighted by atomic mass is 9.83. The van der Waals surface area contributed by atoms with Gasteiger partial charge in [0, 0.05) is 18.6 Å². The van der Waals surface area contributed by atoms with Crippen molar-refractivity contribution in [2.75, 3.05) is 6.61 Å². The Hall–Kier alpha value is -2.67. The van der Waals surface area contributed by atoms with E-state index in [1.54, 1.807) is 36.4 Å². The molecule has 2 nitrogen and oxygen atoms in total. The number of alkyl halides is 3. The summed E-state index contributed by atoms with van der Waals surface area (Å²) in [6.45, 7) is 2.44. The summed E-state index contributed by atoms with van der Waals surface area (Å²) in [4.78, 5) is 0. The third-order valence-corrected chi connectivity index (χ3v) is 5.10. The fourth-order valence-corrected chi connectivity index (χ4v) is 3.50. The number of benzene rings is 2. The zero-order valence-electron chi connectivity index (χ0n) is 17.0. The van der Waals surface area contributed by atoms with Gasteiger partial charge in [0.1, 0.15) is 11.4 Å². The van der Waals surface area contributed by atoms with Gasteiger partial charge in [0.05, 0.1) is 0 Å². The highest BCUT2D eigenvalue weighted by atomic mass is 19.4. The Morgan fingerprint density at radius 1 is 1.00 bits per heavy atom. The van der Waals surface area contributed by atoms with Gasteiger partial charge in [-0.2, -0.15) is 0 Å². The van der Waals surface area contributed by atoms with Crippen molar-refractivity contribution in [3.63, 3.8) is 0 Å². The van der Waals surface area contributed by atoms with Crippen LogP contribution in [0.2, 0.25) is 0 Å². The minimum atomic E-state index is -4.99. The average Bonchev–Trinajstić information content (AvgIpc) is 2.73. The molecule has 2 aromatic rings. The van der Waals surface area contributed by atoms with Gasteiger partial charge in [0.25, 0.3) is 0 Å². The van der Waals surface area contributed by atoms with Crippen LogP contribution in [0, 0.1) is 11.6 Å². The molecule has 3 rings (SSSR count). The van der Waals surface area contributed by atoms with Crippen LogP contribution in [-0.4, -0.2) is 13.0 Å². The summed E-state index contributed by atoms with van der Waals surface area (Å²) >= 11 is 0. The molecule has 0 bridgehead atoms.